The average Bonchev–Trinajstić information content (AvgIpc) is 2.87. The molecule has 11 heteroatoms. The fraction of sp³-hybridized carbons (Fsp3) is 0.375. The van der Waals surface area contributed by atoms with Crippen LogP contribution in [0.15, 0.2) is 18.2 Å². The molecule has 1 amide bonds. The summed E-state index contributed by atoms with van der Waals surface area (Å²) in [5.41, 5.74) is 0.894. The third-order valence-electron chi connectivity index (χ3n) is 3.74. The standard InChI is InChI=1S/C16H18F2N4O5/c1-9-15(22(24)25)10(2)21(20-9)7-6-14(23)19-11-4-5-12(27-16(17)18)13(8-11)26-3/h4-5,8,16H,6-7H2,1-3H3,(H,19,23). The van der Waals surface area contributed by atoms with Gasteiger partial charge in [0.25, 0.3) is 0 Å². The maximum atomic E-state index is 12.3. The summed E-state index contributed by atoms with van der Waals surface area (Å²) in [6.45, 7) is 0.236. The highest BCUT2D eigenvalue weighted by Crippen LogP contribution is 2.31. The summed E-state index contributed by atoms with van der Waals surface area (Å²) in [5.74, 6) is -0.488. The minimum Gasteiger partial charge on any atom is -0.493 e. The number of methoxy groups -OCH3 is 1. The van der Waals surface area contributed by atoms with Crippen LogP contribution in [-0.2, 0) is 11.3 Å². The Labute approximate surface area is 153 Å². The third-order valence-corrected chi connectivity index (χ3v) is 3.74. The molecule has 0 saturated heterocycles. The van der Waals surface area contributed by atoms with Crippen molar-refractivity contribution in [1.82, 2.24) is 9.78 Å². The van der Waals surface area contributed by atoms with Crippen LogP contribution in [-0.4, -0.2) is 34.3 Å². The number of amides is 1. The Morgan fingerprint density at radius 2 is 2.07 bits per heavy atom. The molecule has 0 spiro atoms. The Kier molecular flexibility index (Phi) is 6.27. The molecule has 0 unspecified atom stereocenters. The molecule has 1 N–H and O–H groups in total. The number of alkyl halides is 2. The van der Waals surface area contributed by atoms with Crippen molar-refractivity contribution < 1.29 is 28.0 Å². The van der Waals surface area contributed by atoms with E-state index in [1.807, 2.05) is 0 Å². The number of halogens is 2. The molecule has 146 valence electrons. The normalized spacial score (nSPS) is 10.7. The fourth-order valence-electron chi connectivity index (χ4n) is 2.54. The van der Waals surface area contributed by atoms with Crippen LogP contribution >= 0.6 is 0 Å². The van der Waals surface area contributed by atoms with Crippen LogP contribution in [0.4, 0.5) is 20.2 Å². The predicted octanol–water partition coefficient (Wildman–Crippen LogP) is 3.05. The Morgan fingerprint density at radius 3 is 2.63 bits per heavy atom. The van der Waals surface area contributed by atoms with Gasteiger partial charge in [-0.1, -0.05) is 0 Å². The number of aryl methyl sites for hydroxylation is 2. The van der Waals surface area contributed by atoms with Gasteiger partial charge in [0.05, 0.1) is 18.6 Å². The monoisotopic (exact) mass is 384 g/mol. The fourth-order valence-corrected chi connectivity index (χ4v) is 2.54. The highest BCUT2D eigenvalue weighted by Gasteiger charge is 2.22. The molecule has 0 saturated carbocycles. The molecule has 0 aliphatic rings. The van der Waals surface area contributed by atoms with Crippen LogP contribution in [0.25, 0.3) is 0 Å². The lowest BCUT2D eigenvalue weighted by molar-refractivity contribution is -0.386. The largest absolute Gasteiger partial charge is 0.493 e. The van der Waals surface area contributed by atoms with E-state index in [1.54, 1.807) is 6.92 Å². The zero-order valence-electron chi connectivity index (χ0n) is 14.9. The van der Waals surface area contributed by atoms with Gasteiger partial charge in [-0.25, -0.2) is 0 Å². The second-order valence-electron chi connectivity index (χ2n) is 5.54. The van der Waals surface area contributed by atoms with Gasteiger partial charge >= 0.3 is 12.3 Å². The summed E-state index contributed by atoms with van der Waals surface area (Å²) >= 11 is 0. The highest BCUT2D eigenvalue weighted by atomic mass is 19.3. The van der Waals surface area contributed by atoms with Crippen molar-refractivity contribution in [2.45, 2.75) is 33.4 Å². The quantitative estimate of drug-likeness (QED) is 0.553. The molecule has 0 radical (unpaired) electrons. The molecule has 1 heterocycles. The smallest absolute Gasteiger partial charge is 0.387 e. The lowest BCUT2D eigenvalue weighted by atomic mass is 10.2. The number of nitrogens with one attached hydrogen (secondary N) is 1. The molecule has 2 aromatic rings. The predicted molar refractivity (Wildman–Crippen MR) is 91.2 cm³/mol. The second-order valence-corrected chi connectivity index (χ2v) is 5.54. The molecule has 0 aliphatic heterocycles. The van der Waals surface area contributed by atoms with Gasteiger partial charge in [0.2, 0.25) is 5.91 Å². The van der Waals surface area contributed by atoms with Gasteiger partial charge in [-0.15, -0.1) is 0 Å². The van der Waals surface area contributed by atoms with E-state index in [4.69, 9.17) is 4.74 Å². The number of benzene rings is 1. The molecule has 0 aliphatic carbocycles. The van der Waals surface area contributed by atoms with E-state index in [-0.39, 0.29) is 41.8 Å². The Bertz CT molecular complexity index is 854. The van der Waals surface area contributed by atoms with Crippen molar-refractivity contribution in [2.24, 2.45) is 0 Å². The minimum atomic E-state index is -3.00. The first-order valence-electron chi connectivity index (χ1n) is 7.84. The molecule has 9 nitrogen and oxygen atoms in total. The maximum Gasteiger partial charge on any atom is 0.387 e. The van der Waals surface area contributed by atoms with Crippen LogP contribution in [0.1, 0.15) is 17.8 Å². The second kappa shape index (κ2) is 8.43. The summed E-state index contributed by atoms with van der Waals surface area (Å²) in [4.78, 5) is 22.6. The van der Waals surface area contributed by atoms with Crippen LogP contribution in [0.3, 0.4) is 0 Å². The third kappa shape index (κ3) is 4.90. The van der Waals surface area contributed by atoms with Gasteiger partial charge in [-0.2, -0.15) is 13.9 Å². The van der Waals surface area contributed by atoms with Gasteiger partial charge in [0.15, 0.2) is 11.5 Å². The zero-order chi connectivity index (χ0) is 20.1. The number of aromatic nitrogens is 2. The van der Waals surface area contributed by atoms with Crippen molar-refractivity contribution in [1.29, 1.82) is 0 Å². The maximum absolute atomic E-state index is 12.3. The van der Waals surface area contributed by atoms with Crippen LogP contribution < -0.4 is 14.8 Å². The lowest BCUT2D eigenvalue weighted by Gasteiger charge is -2.12. The number of nitrogens with zero attached hydrogens (tertiary/aromatic N) is 3. The van der Waals surface area contributed by atoms with E-state index in [9.17, 15) is 23.7 Å². The highest BCUT2D eigenvalue weighted by molar-refractivity contribution is 5.91. The summed E-state index contributed by atoms with van der Waals surface area (Å²) in [5, 5.41) is 17.7. The van der Waals surface area contributed by atoms with E-state index in [1.165, 1.54) is 36.9 Å². The number of hydrogen-bond donors (Lipinski definition) is 1. The summed E-state index contributed by atoms with van der Waals surface area (Å²) < 4.78 is 35.3. The number of nitro groups is 1. The van der Waals surface area contributed by atoms with Crippen molar-refractivity contribution in [2.75, 3.05) is 12.4 Å². The van der Waals surface area contributed by atoms with E-state index >= 15 is 0 Å². The summed E-state index contributed by atoms with van der Waals surface area (Å²) in [7, 11) is 1.29. The Hall–Kier alpha value is -3.24. The Balaban J connectivity index is 2.02. The van der Waals surface area contributed by atoms with E-state index in [2.05, 4.69) is 15.2 Å². The molecular formula is C16H18F2N4O5. The topological polar surface area (TPSA) is 109 Å². The molecule has 0 atom stereocenters. The number of hydrogen-bond acceptors (Lipinski definition) is 6. The number of carbonyl (C=O) groups is 1. The van der Waals surface area contributed by atoms with E-state index in [0.29, 0.717) is 11.4 Å². The summed E-state index contributed by atoms with van der Waals surface area (Å²) in [6.07, 6.45) is 0.0106. The Morgan fingerprint density at radius 1 is 1.37 bits per heavy atom. The number of rotatable bonds is 8. The van der Waals surface area contributed by atoms with Gasteiger partial charge in [-0.3, -0.25) is 19.6 Å². The van der Waals surface area contributed by atoms with Crippen molar-refractivity contribution in [3.63, 3.8) is 0 Å². The summed E-state index contributed by atoms with van der Waals surface area (Å²) in [6, 6.07) is 4.00. The van der Waals surface area contributed by atoms with Crippen LogP contribution in [0.2, 0.25) is 0 Å². The minimum absolute atomic E-state index is 0.0106. The van der Waals surface area contributed by atoms with Gasteiger partial charge in [0, 0.05) is 18.2 Å². The van der Waals surface area contributed by atoms with Crippen molar-refractivity contribution in [3.8, 4) is 11.5 Å². The van der Waals surface area contributed by atoms with Crippen molar-refractivity contribution in [3.05, 3.63) is 39.7 Å². The molecule has 2 rings (SSSR count). The number of carbonyl (C=O) groups excluding carboxylic acids is 1. The molecular weight excluding hydrogens is 366 g/mol. The SMILES string of the molecule is COc1cc(NC(=O)CCn2nc(C)c([N+](=O)[O-])c2C)ccc1OC(F)F. The molecule has 1 aromatic carbocycles. The lowest BCUT2D eigenvalue weighted by Crippen LogP contribution is -2.16. The van der Waals surface area contributed by atoms with Gasteiger partial charge < -0.3 is 14.8 Å². The van der Waals surface area contributed by atoms with Gasteiger partial charge in [0.1, 0.15) is 11.4 Å². The average molecular weight is 384 g/mol. The number of ether oxygens (including phenoxy) is 2. The van der Waals surface area contributed by atoms with E-state index < -0.39 is 11.5 Å². The molecule has 27 heavy (non-hydrogen) atoms. The van der Waals surface area contributed by atoms with Crippen LogP contribution in [0.5, 0.6) is 11.5 Å². The first kappa shape index (κ1) is 20.1. The van der Waals surface area contributed by atoms with Gasteiger partial charge in [-0.05, 0) is 26.0 Å². The van der Waals surface area contributed by atoms with Crippen molar-refractivity contribution >= 4 is 17.3 Å². The molecule has 1 aromatic heterocycles. The first-order chi connectivity index (χ1) is 12.7. The first-order valence-corrected chi connectivity index (χ1v) is 7.84. The van der Waals surface area contributed by atoms with Crippen LogP contribution in [0, 0.1) is 24.0 Å². The molecule has 0 fully saturated rings. The van der Waals surface area contributed by atoms with E-state index in [0.717, 1.165) is 0 Å². The number of anilines is 1. The molecule has 0 bridgehead atoms. The zero-order valence-corrected chi connectivity index (χ0v) is 14.9.